The van der Waals surface area contributed by atoms with Crippen molar-refractivity contribution in [2.75, 3.05) is 6.54 Å². The highest BCUT2D eigenvalue weighted by atomic mass is 14.7. The zero-order valence-corrected chi connectivity index (χ0v) is 5.39. The lowest BCUT2D eigenvalue weighted by atomic mass is 10.3. The minimum absolute atomic E-state index is 0.595. The van der Waals surface area contributed by atoms with E-state index in [4.69, 9.17) is 5.73 Å². The molecule has 0 heterocycles. The van der Waals surface area contributed by atoms with Crippen LogP contribution in [0.15, 0.2) is 16.8 Å². The van der Waals surface area contributed by atoms with E-state index < -0.39 is 0 Å². The van der Waals surface area contributed by atoms with Crippen LogP contribution in [0.3, 0.4) is 0 Å². The van der Waals surface area contributed by atoms with Gasteiger partial charge in [-0.25, -0.2) is 0 Å². The van der Waals surface area contributed by atoms with E-state index in [0.29, 0.717) is 6.54 Å². The Morgan fingerprint density at radius 2 is 2.38 bits per heavy atom. The van der Waals surface area contributed by atoms with Crippen LogP contribution < -0.4 is 5.73 Å². The number of nitrogens with two attached hydrogens (primary N) is 1. The summed E-state index contributed by atoms with van der Waals surface area (Å²) in [5, 5.41) is 0. The van der Waals surface area contributed by atoms with Gasteiger partial charge in [0.15, 0.2) is 0 Å². The molecule has 0 atom stereocenters. The minimum Gasteiger partial charge on any atom is -0.327 e. The highest BCUT2D eigenvalue weighted by Crippen LogP contribution is 1.85. The van der Waals surface area contributed by atoms with Crippen LogP contribution in [0.2, 0.25) is 0 Å². The fraction of sp³-hybridized carbons (Fsp3) is 0.500. The predicted molar refractivity (Wildman–Crippen MR) is 37.0 cm³/mol. The number of hydrogen-bond acceptors (Lipinski definition) is 2. The standard InChI is InChI=1S/C6H12N2/c1-3-8-5-6(2)4-7/h3,5H,4,7H2,1-2H3/b6-5-,8-3+. The van der Waals surface area contributed by atoms with Crippen molar-refractivity contribution in [1.82, 2.24) is 0 Å². The molecule has 0 amide bonds. The molecule has 0 aromatic heterocycles. The minimum atomic E-state index is 0.595. The van der Waals surface area contributed by atoms with E-state index in [2.05, 4.69) is 4.99 Å². The van der Waals surface area contributed by atoms with E-state index in [1.165, 1.54) is 0 Å². The van der Waals surface area contributed by atoms with E-state index in [1.807, 2.05) is 13.8 Å². The lowest BCUT2D eigenvalue weighted by Gasteiger charge is -1.87. The number of hydrogen-bond donors (Lipinski definition) is 1. The maximum absolute atomic E-state index is 5.27. The topological polar surface area (TPSA) is 38.4 Å². The molecule has 0 spiro atoms. The molecule has 0 aliphatic carbocycles. The Morgan fingerprint density at radius 3 is 2.75 bits per heavy atom. The van der Waals surface area contributed by atoms with Gasteiger partial charge in [-0.15, -0.1) is 0 Å². The molecule has 0 aromatic carbocycles. The molecule has 0 rings (SSSR count). The molecule has 0 aromatic rings. The van der Waals surface area contributed by atoms with Gasteiger partial charge in [-0.05, 0) is 19.4 Å². The summed E-state index contributed by atoms with van der Waals surface area (Å²) in [5.41, 5.74) is 6.37. The van der Waals surface area contributed by atoms with Crippen molar-refractivity contribution in [3.63, 3.8) is 0 Å². The van der Waals surface area contributed by atoms with Gasteiger partial charge in [0.05, 0.1) is 0 Å². The first-order valence-electron chi connectivity index (χ1n) is 2.64. The molecule has 0 saturated carbocycles. The molecule has 2 N–H and O–H groups in total. The van der Waals surface area contributed by atoms with Crippen molar-refractivity contribution in [2.45, 2.75) is 13.8 Å². The van der Waals surface area contributed by atoms with Crippen LogP contribution >= 0.6 is 0 Å². The molecule has 0 unspecified atom stereocenters. The lowest BCUT2D eigenvalue weighted by Crippen LogP contribution is -1.98. The zero-order chi connectivity index (χ0) is 6.41. The summed E-state index contributed by atoms with van der Waals surface area (Å²) in [5.74, 6) is 0. The Morgan fingerprint density at radius 1 is 1.75 bits per heavy atom. The van der Waals surface area contributed by atoms with Crippen molar-refractivity contribution >= 4 is 6.21 Å². The Kier molecular flexibility index (Phi) is 4.17. The lowest BCUT2D eigenvalue weighted by molar-refractivity contribution is 1.12. The first-order chi connectivity index (χ1) is 3.81. The molecule has 2 nitrogen and oxygen atoms in total. The first kappa shape index (κ1) is 7.37. The number of rotatable bonds is 2. The molecule has 0 bridgehead atoms. The summed E-state index contributed by atoms with van der Waals surface area (Å²) in [6.07, 6.45) is 3.50. The molecule has 0 aliphatic heterocycles. The number of nitrogens with zero attached hydrogens (tertiary/aromatic N) is 1. The molecule has 8 heavy (non-hydrogen) atoms. The third-order valence-corrected chi connectivity index (χ3v) is 0.766. The summed E-state index contributed by atoms with van der Waals surface area (Å²) < 4.78 is 0. The second kappa shape index (κ2) is 4.53. The molecule has 0 radical (unpaired) electrons. The summed E-state index contributed by atoms with van der Waals surface area (Å²) in [4.78, 5) is 3.88. The van der Waals surface area contributed by atoms with Gasteiger partial charge in [-0.3, -0.25) is 4.99 Å². The van der Waals surface area contributed by atoms with Gasteiger partial charge < -0.3 is 5.73 Å². The Balaban J connectivity index is 3.57. The second-order valence-corrected chi connectivity index (χ2v) is 1.59. The normalized spacial score (nSPS) is 13.1. The van der Waals surface area contributed by atoms with E-state index in [1.54, 1.807) is 12.4 Å². The van der Waals surface area contributed by atoms with E-state index in [9.17, 15) is 0 Å². The van der Waals surface area contributed by atoms with Crippen LogP contribution in [-0.2, 0) is 0 Å². The van der Waals surface area contributed by atoms with E-state index in [-0.39, 0.29) is 0 Å². The molecule has 0 aliphatic rings. The van der Waals surface area contributed by atoms with Crippen molar-refractivity contribution in [3.8, 4) is 0 Å². The first-order valence-corrected chi connectivity index (χ1v) is 2.64. The van der Waals surface area contributed by atoms with Crippen LogP contribution in [0.4, 0.5) is 0 Å². The summed E-state index contributed by atoms with van der Waals surface area (Å²) in [6.45, 7) is 4.42. The van der Waals surface area contributed by atoms with Gasteiger partial charge in [-0.2, -0.15) is 0 Å². The van der Waals surface area contributed by atoms with Gasteiger partial charge in [0, 0.05) is 19.0 Å². The van der Waals surface area contributed by atoms with Crippen molar-refractivity contribution in [2.24, 2.45) is 10.7 Å². The average molecular weight is 112 g/mol. The molecule has 2 heteroatoms. The molecule has 0 fully saturated rings. The van der Waals surface area contributed by atoms with Crippen LogP contribution in [0.5, 0.6) is 0 Å². The van der Waals surface area contributed by atoms with Gasteiger partial charge in [0.25, 0.3) is 0 Å². The molecular weight excluding hydrogens is 100 g/mol. The van der Waals surface area contributed by atoms with Crippen molar-refractivity contribution < 1.29 is 0 Å². The van der Waals surface area contributed by atoms with Gasteiger partial charge in [0.1, 0.15) is 0 Å². The maximum atomic E-state index is 5.27. The van der Waals surface area contributed by atoms with Crippen LogP contribution in [0.1, 0.15) is 13.8 Å². The summed E-state index contributed by atoms with van der Waals surface area (Å²) in [7, 11) is 0. The molecule has 0 saturated heterocycles. The Hall–Kier alpha value is -0.630. The van der Waals surface area contributed by atoms with Crippen LogP contribution in [0.25, 0.3) is 0 Å². The predicted octanol–water partition coefficient (Wildman–Crippen LogP) is 0.940. The smallest absolute Gasteiger partial charge is 0.0265 e. The quantitative estimate of drug-likeness (QED) is 0.530. The molecular formula is C6H12N2. The monoisotopic (exact) mass is 112 g/mol. The summed E-state index contributed by atoms with van der Waals surface area (Å²) >= 11 is 0. The van der Waals surface area contributed by atoms with Crippen molar-refractivity contribution in [3.05, 3.63) is 11.8 Å². The van der Waals surface area contributed by atoms with Gasteiger partial charge in [0.2, 0.25) is 0 Å². The molecule has 46 valence electrons. The Bertz CT molecular complexity index is 103. The van der Waals surface area contributed by atoms with Gasteiger partial charge >= 0.3 is 0 Å². The largest absolute Gasteiger partial charge is 0.327 e. The van der Waals surface area contributed by atoms with Crippen LogP contribution in [-0.4, -0.2) is 12.8 Å². The van der Waals surface area contributed by atoms with Crippen LogP contribution in [0, 0.1) is 0 Å². The summed E-state index contributed by atoms with van der Waals surface area (Å²) in [6, 6.07) is 0. The fourth-order valence-electron chi connectivity index (χ4n) is 0.254. The zero-order valence-electron chi connectivity index (χ0n) is 5.39. The van der Waals surface area contributed by atoms with E-state index >= 15 is 0 Å². The highest BCUT2D eigenvalue weighted by Gasteiger charge is 1.76. The highest BCUT2D eigenvalue weighted by molar-refractivity contribution is 5.54. The third-order valence-electron chi connectivity index (χ3n) is 0.766. The fourth-order valence-corrected chi connectivity index (χ4v) is 0.254. The SMILES string of the molecule is C/C=N/C=C(/C)CN. The van der Waals surface area contributed by atoms with E-state index in [0.717, 1.165) is 5.57 Å². The maximum Gasteiger partial charge on any atom is 0.0265 e. The van der Waals surface area contributed by atoms with Crippen molar-refractivity contribution in [1.29, 1.82) is 0 Å². The number of aliphatic imine (C=N–C) groups is 1. The average Bonchev–Trinajstić information content (AvgIpc) is 1.83. The van der Waals surface area contributed by atoms with Gasteiger partial charge in [-0.1, -0.05) is 0 Å². The Labute approximate surface area is 50.1 Å². The third kappa shape index (κ3) is 3.56. The second-order valence-electron chi connectivity index (χ2n) is 1.59.